The first-order chi connectivity index (χ1) is 17.0. The second-order valence-electron chi connectivity index (χ2n) is 8.58. The molecule has 0 aliphatic heterocycles. The second kappa shape index (κ2) is 8.21. The van der Waals surface area contributed by atoms with E-state index in [9.17, 15) is 4.79 Å². The number of anilines is 1. The van der Waals surface area contributed by atoms with Gasteiger partial charge in [-0.3, -0.25) is 9.48 Å². The maximum absolute atomic E-state index is 12.6. The van der Waals surface area contributed by atoms with Crippen LogP contribution in [0, 0.1) is 13.8 Å². The fourth-order valence-electron chi connectivity index (χ4n) is 4.45. The van der Waals surface area contributed by atoms with Crippen LogP contribution in [0.2, 0.25) is 5.02 Å². The second-order valence-corrected chi connectivity index (χ2v) is 9.02. The Labute approximate surface area is 206 Å². The summed E-state index contributed by atoms with van der Waals surface area (Å²) >= 11 is 6.11. The van der Waals surface area contributed by atoms with Crippen molar-refractivity contribution in [3.63, 3.8) is 0 Å². The van der Waals surface area contributed by atoms with Crippen molar-refractivity contribution in [2.45, 2.75) is 20.4 Å². The third-order valence-electron chi connectivity index (χ3n) is 6.05. The summed E-state index contributed by atoms with van der Waals surface area (Å²) in [5.74, 6) is -0.145. The molecule has 0 bridgehead atoms. The van der Waals surface area contributed by atoms with Crippen LogP contribution >= 0.6 is 11.6 Å². The van der Waals surface area contributed by atoms with E-state index in [1.165, 1.54) is 0 Å². The number of nitrogens with zero attached hydrogens (tertiary/aromatic N) is 5. The highest BCUT2D eigenvalue weighted by atomic mass is 35.5. The normalized spacial score (nSPS) is 11.5. The van der Waals surface area contributed by atoms with Gasteiger partial charge in [0.05, 0.1) is 22.4 Å². The van der Waals surface area contributed by atoms with Crippen LogP contribution < -0.4 is 5.32 Å². The predicted molar refractivity (Wildman–Crippen MR) is 139 cm³/mol. The maximum Gasteiger partial charge on any atom is 0.246 e. The molecule has 0 radical (unpaired) electrons. The van der Waals surface area contributed by atoms with Crippen LogP contribution in [-0.2, 0) is 11.3 Å². The first kappa shape index (κ1) is 21.3. The summed E-state index contributed by atoms with van der Waals surface area (Å²) in [5.41, 5.74) is 6.71. The number of carbonyl (C=O) groups excluding carboxylic acids is 1. The summed E-state index contributed by atoms with van der Waals surface area (Å²) < 4.78 is 3.56. The first-order valence-electron chi connectivity index (χ1n) is 11.2. The number of fused-ring (bicyclic) bond motifs is 5. The predicted octanol–water partition coefficient (Wildman–Crippen LogP) is 5.81. The molecule has 0 spiro atoms. The summed E-state index contributed by atoms with van der Waals surface area (Å²) in [6.45, 7) is 4.00. The van der Waals surface area contributed by atoms with Gasteiger partial charge < -0.3 is 5.32 Å². The molecule has 8 heteroatoms. The largest absolute Gasteiger partial charge is 0.324 e. The molecule has 0 atom stereocenters. The average molecular weight is 481 g/mol. The molecule has 6 rings (SSSR count). The third kappa shape index (κ3) is 3.80. The van der Waals surface area contributed by atoms with Crippen molar-refractivity contribution in [1.82, 2.24) is 24.4 Å². The number of hydrogen-bond donors (Lipinski definition) is 1. The quantitative estimate of drug-likeness (QED) is 0.345. The molecule has 0 saturated carbocycles. The molecule has 0 aliphatic rings. The summed E-state index contributed by atoms with van der Waals surface area (Å²) in [5, 5.41) is 15.0. The molecule has 7 nitrogen and oxygen atoms in total. The molecule has 3 aromatic carbocycles. The fraction of sp³-hybridized carbons (Fsp3) is 0.111. The highest BCUT2D eigenvalue weighted by Gasteiger charge is 2.15. The molecule has 0 fully saturated rings. The van der Waals surface area contributed by atoms with Gasteiger partial charge in [0.1, 0.15) is 6.54 Å². The lowest BCUT2D eigenvalue weighted by Crippen LogP contribution is -2.20. The number of aryl methyl sites for hydroxylation is 2. The molecule has 35 heavy (non-hydrogen) atoms. The minimum atomic E-state index is -0.145. The van der Waals surface area contributed by atoms with Crippen LogP contribution in [0.5, 0.6) is 0 Å². The molecule has 0 unspecified atom stereocenters. The number of carbonyl (C=O) groups is 1. The smallest absolute Gasteiger partial charge is 0.246 e. The van der Waals surface area contributed by atoms with Gasteiger partial charge in [-0.2, -0.15) is 10.2 Å². The summed E-state index contributed by atoms with van der Waals surface area (Å²) in [7, 11) is 0. The number of nitrogens with one attached hydrogen (secondary N) is 1. The molecule has 1 amide bonds. The Kier molecular flexibility index (Phi) is 5.00. The van der Waals surface area contributed by atoms with E-state index in [0.717, 1.165) is 50.1 Å². The van der Waals surface area contributed by atoms with Crippen LogP contribution in [0.1, 0.15) is 11.4 Å². The Balaban J connectivity index is 1.42. The minimum Gasteiger partial charge on any atom is -0.324 e. The number of halogens is 1. The zero-order chi connectivity index (χ0) is 24.1. The van der Waals surface area contributed by atoms with Gasteiger partial charge in [0.2, 0.25) is 5.91 Å². The molecular weight excluding hydrogens is 460 g/mol. The number of rotatable bonds is 4. The lowest BCUT2D eigenvalue weighted by molar-refractivity contribution is -0.116. The molecule has 1 N–H and O–H groups in total. The van der Waals surface area contributed by atoms with Gasteiger partial charge in [0.25, 0.3) is 0 Å². The molecular formula is C27H21ClN6O. The van der Waals surface area contributed by atoms with Crippen molar-refractivity contribution < 1.29 is 4.79 Å². The monoisotopic (exact) mass is 480 g/mol. The van der Waals surface area contributed by atoms with Crippen molar-refractivity contribution in [3.05, 3.63) is 89.2 Å². The van der Waals surface area contributed by atoms with Crippen LogP contribution in [0.3, 0.4) is 0 Å². The molecule has 0 saturated heterocycles. The molecule has 0 aliphatic carbocycles. The molecule has 6 aromatic rings. The number of amides is 1. The van der Waals surface area contributed by atoms with Gasteiger partial charge in [0, 0.05) is 32.7 Å². The van der Waals surface area contributed by atoms with Gasteiger partial charge in [-0.1, -0.05) is 48.0 Å². The number of aromatic nitrogens is 5. The van der Waals surface area contributed by atoms with Crippen molar-refractivity contribution in [3.8, 4) is 11.3 Å². The standard InChI is InChI=1S/C27H21ClN6O/c1-16-13-17(2)33(31-16)15-25(35)29-20-11-12-24-23(14-20)30-27-22-6-4-3-5-21(22)26(32-34(24)27)18-7-9-19(28)10-8-18/h3-14H,15H2,1-2H3,(H,29,35). The van der Waals surface area contributed by atoms with Gasteiger partial charge in [-0.15, -0.1) is 0 Å². The van der Waals surface area contributed by atoms with E-state index in [1.807, 2.05) is 79.0 Å². The zero-order valence-electron chi connectivity index (χ0n) is 19.2. The van der Waals surface area contributed by atoms with Crippen molar-refractivity contribution in [1.29, 1.82) is 0 Å². The van der Waals surface area contributed by atoms with E-state index in [4.69, 9.17) is 21.7 Å². The van der Waals surface area contributed by atoms with Crippen LogP contribution in [0.15, 0.2) is 72.8 Å². The van der Waals surface area contributed by atoms with Crippen LogP contribution in [0.4, 0.5) is 5.69 Å². The highest BCUT2D eigenvalue weighted by Crippen LogP contribution is 2.32. The zero-order valence-corrected chi connectivity index (χ0v) is 19.9. The lowest BCUT2D eigenvalue weighted by Gasteiger charge is -2.09. The van der Waals surface area contributed by atoms with Crippen LogP contribution in [0.25, 0.3) is 38.7 Å². The Morgan fingerprint density at radius 3 is 2.46 bits per heavy atom. The number of hydrogen-bond acceptors (Lipinski definition) is 4. The molecule has 172 valence electrons. The first-order valence-corrected chi connectivity index (χ1v) is 11.6. The Morgan fingerprint density at radius 2 is 1.71 bits per heavy atom. The van der Waals surface area contributed by atoms with E-state index < -0.39 is 0 Å². The number of benzene rings is 3. The average Bonchev–Trinajstić information content (AvgIpc) is 3.37. The van der Waals surface area contributed by atoms with Crippen molar-refractivity contribution in [2.24, 2.45) is 0 Å². The van der Waals surface area contributed by atoms with Crippen molar-refractivity contribution in [2.75, 3.05) is 5.32 Å². The summed E-state index contributed by atoms with van der Waals surface area (Å²) in [4.78, 5) is 17.5. The molecule has 3 heterocycles. The van der Waals surface area contributed by atoms with Gasteiger partial charge in [0.15, 0.2) is 5.65 Å². The van der Waals surface area contributed by atoms with Crippen molar-refractivity contribution >= 4 is 50.6 Å². The van der Waals surface area contributed by atoms with E-state index in [1.54, 1.807) is 4.68 Å². The minimum absolute atomic E-state index is 0.145. The van der Waals surface area contributed by atoms with Crippen LogP contribution in [-0.4, -0.2) is 30.3 Å². The summed E-state index contributed by atoms with van der Waals surface area (Å²) in [6.07, 6.45) is 0. The highest BCUT2D eigenvalue weighted by molar-refractivity contribution is 6.30. The summed E-state index contributed by atoms with van der Waals surface area (Å²) in [6, 6.07) is 23.4. The Bertz CT molecular complexity index is 1750. The lowest BCUT2D eigenvalue weighted by atomic mass is 10.1. The number of imidazole rings is 1. The van der Waals surface area contributed by atoms with Gasteiger partial charge in [-0.25, -0.2) is 9.50 Å². The van der Waals surface area contributed by atoms with E-state index >= 15 is 0 Å². The van der Waals surface area contributed by atoms with E-state index in [-0.39, 0.29) is 12.5 Å². The van der Waals surface area contributed by atoms with Gasteiger partial charge >= 0.3 is 0 Å². The molecule has 3 aromatic heterocycles. The Hall–Kier alpha value is -4.23. The van der Waals surface area contributed by atoms with E-state index in [0.29, 0.717) is 10.7 Å². The fourth-order valence-corrected chi connectivity index (χ4v) is 4.58. The topological polar surface area (TPSA) is 77.1 Å². The van der Waals surface area contributed by atoms with E-state index in [2.05, 4.69) is 22.5 Å². The third-order valence-corrected chi connectivity index (χ3v) is 6.30. The maximum atomic E-state index is 12.6. The SMILES string of the molecule is Cc1cc(C)n(CC(=O)Nc2ccc3c(c2)nc2c4ccccc4c(-c4ccc(Cl)cc4)nn32)n1. The Morgan fingerprint density at radius 1 is 0.943 bits per heavy atom. The van der Waals surface area contributed by atoms with Gasteiger partial charge in [-0.05, 0) is 50.2 Å².